The molecule has 0 aromatic carbocycles. The van der Waals surface area contributed by atoms with E-state index in [4.69, 9.17) is 16.1 Å². The van der Waals surface area contributed by atoms with Gasteiger partial charge in [0.25, 0.3) is 0 Å². The van der Waals surface area contributed by atoms with Gasteiger partial charge < -0.3 is 4.52 Å². The van der Waals surface area contributed by atoms with Gasteiger partial charge in [-0.05, 0) is 12.1 Å². The van der Waals surface area contributed by atoms with Crippen molar-refractivity contribution >= 4 is 22.9 Å². The van der Waals surface area contributed by atoms with Crippen LogP contribution < -0.4 is 0 Å². The fourth-order valence-corrected chi connectivity index (χ4v) is 1.79. The third-order valence-corrected chi connectivity index (χ3v) is 2.50. The molecule has 2 aromatic rings. The largest absolute Gasteiger partial charge is 0.355 e. The van der Waals surface area contributed by atoms with Gasteiger partial charge >= 0.3 is 0 Å². The lowest BCUT2D eigenvalue weighted by atomic mass is 10.4. The molecule has 0 atom stereocenters. The highest BCUT2D eigenvalue weighted by atomic mass is 35.5. The van der Waals surface area contributed by atoms with E-state index in [1.165, 1.54) is 11.3 Å². The Morgan fingerprint density at radius 2 is 2.27 bits per heavy atom. The predicted octanol–water partition coefficient (Wildman–Crippen LogP) is 3.06. The van der Waals surface area contributed by atoms with Gasteiger partial charge in [-0.1, -0.05) is 16.8 Å². The van der Waals surface area contributed by atoms with Crippen LogP contribution in [0.3, 0.4) is 0 Å². The van der Waals surface area contributed by atoms with Crippen molar-refractivity contribution in [3.8, 4) is 10.6 Å². The first kappa shape index (κ1) is 6.88. The molecule has 0 radical (unpaired) electrons. The monoisotopic (exact) mass is 185 g/mol. The minimum atomic E-state index is 0.761. The molecule has 0 aliphatic heterocycles. The number of rotatable bonds is 1. The summed E-state index contributed by atoms with van der Waals surface area (Å²) in [5.41, 5.74) is 0. The molecule has 56 valence electrons. The Morgan fingerprint density at radius 3 is 2.82 bits per heavy atom. The highest BCUT2D eigenvalue weighted by Crippen LogP contribution is 2.30. The first-order valence-corrected chi connectivity index (χ1v) is 4.22. The molecule has 2 aromatic heterocycles. The predicted molar refractivity (Wildman–Crippen MR) is 44.8 cm³/mol. The summed E-state index contributed by atoms with van der Waals surface area (Å²) in [4.78, 5) is 1.01. The van der Waals surface area contributed by atoms with E-state index in [0.717, 1.165) is 15.0 Å². The van der Waals surface area contributed by atoms with Crippen molar-refractivity contribution in [2.75, 3.05) is 0 Å². The molecule has 0 saturated heterocycles. The molecule has 2 heterocycles. The van der Waals surface area contributed by atoms with Gasteiger partial charge in [0.15, 0.2) is 5.76 Å². The number of aromatic nitrogens is 1. The van der Waals surface area contributed by atoms with Crippen LogP contribution in [0.1, 0.15) is 0 Å². The number of halogens is 1. The second-order valence-electron chi connectivity index (χ2n) is 1.98. The zero-order chi connectivity index (χ0) is 7.68. The topological polar surface area (TPSA) is 26.0 Å². The highest BCUT2D eigenvalue weighted by molar-refractivity contribution is 7.19. The Hall–Kier alpha value is -0.800. The van der Waals surface area contributed by atoms with Gasteiger partial charge in [-0.2, -0.15) is 0 Å². The van der Waals surface area contributed by atoms with E-state index >= 15 is 0 Å². The Morgan fingerprint density at radius 1 is 1.36 bits per heavy atom. The Bertz CT molecular complexity index is 341. The zero-order valence-corrected chi connectivity index (χ0v) is 7.02. The van der Waals surface area contributed by atoms with Crippen molar-refractivity contribution < 1.29 is 4.52 Å². The first-order valence-electron chi connectivity index (χ1n) is 3.02. The Kier molecular flexibility index (Phi) is 1.68. The number of hydrogen-bond donors (Lipinski definition) is 0. The van der Waals surface area contributed by atoms with E-state index in [1.807, 2.05) is 18.2 Å². The molecule has 11 heavy (non-hydrogen) atoms. The van der Waals surface area contributed by atoms with Crippen molar-refractivity contribution in [2.24, 2.45) is 0 Å². The summed E-state index contributed by atoms with van der Waals surface area (Å²) in [6.45, 7) is 0. The Labute approximate surface area is 72.4 Å². The van der Waals surface area contributed by atoms with Gasteiger partial charge in [0, 0.05) is 6.07 Å². The molecule has 2 nitrogen and oxygen atoms in total. The van der Waals surface area contributed by atoms with Crippen LogP contribution in [-0.4, -0.2) is 5.16 Å². The maximum Gasteiger partial charge on any atom is 0.176 e. The fourth-order valence-electron chi connectivity index (χ4n) is 0.790. The van der Waals surface area contributed by atoms with Crippen molar-refractivity contribution in [1.82, 2.24) is 5.16 Å². The molecule has 0 aliphatic carbocycles. The minimum absolute atomic E-state index is 0.761. The van der Waals surface area contributed by atoms with Gasteiger partial charge in [-0.25, -0.2) is 0 Å². The molecular formula is C7H4ClNOS. The van der Waals surface area contributed by atoms with Crippen molar-refractivity contribution in [1.29, 1.82) is 0 Å². The van der Waals surface area contributed by atoms with Crippen LogP contribution >= 0.6 is 22.9 Å². The molecule has 0 amide bonds. The lowest BCUT2D eigenvalue weighted by Crippen LogP contribution is -1.59. The van der Waals surface area contributed by atoms with E-state index in [1.54, 1.807) is 6.20 Å². The molecule has 0 spiro atoms. The van der Waals surface area contributed by atoms with Crippen molar-refractivity contribution in [3.05, 3.63) is 28.7 Å². The fraction of sp³-hybridized carbons (Fsp3) is 0. The molecular weight excluding hydrogens is 182 g/mol. The van der Waals surface area contributed by atoms with Crippen LogP contribution in [0.5, 0.6) is 0 Å². The van der Waals surface area contributed by atoms with Crippen LogP contribution in [0.2, 0.25) is 4.34 Å². The number of thiophene rings is 1. The van der Waals surface area contributed by atoms with E-state index in [2.05, 4.69) is 5.16 Å². The maximum atomic E-state index is 5.73. The van der Waals surface area contributed by atoms with Crippen molar-refractivity contribution in [2.45, 2.75) is 0 Å². The van der Waals surface area contributed by atoms with Gasteiger partial charge in [0.2, 0.25) is 0 Å². The minimum Gasteiger partial charge on any atom is -0.355 e. The SMILES string of the molecule is Clc1ccc(-c2ccno2)s1. The van der Waals surface area contributed by atoms with Crippen LogP contribution in [-0.2, 0) is 0 Å². The highest BCUT2D eigenvalue weighted by Gasteiger charge is 2.03. The van der Waals surface area contributed by atoms with E-state index < -0.39 is 0 Å². The van der Waals surface area contributed by atoms with Crippen LogP contribution in [0.4, 0.5) is 0 Å². The average Bonchev–Trinajstić information content (AvgIpc) is 2.55. The van der Waals surface area contributed by atoms with E-state index in [0.29, 0.717) is 0 Å². The normalized spacial score (nSPS) is 10.3. The maximum absolute atomic E-state index is 5.73. The van der Waals surface area contributed by atoms with Crippen LogP contribution in [0.25, 0.3) is 10.6 Å². The number of nitrogens with zero attached hydrogens (tertiary/aromatic N) is 1. The zero-order valence-electron chi connectivity index (χ0n) is 5.45. The molecule has 0 saturated carbocycles. The summed E-state index contributed by atoms with van der Waals surface area (Å²) in [6, 6.07) is 5.56. The summed E-state index contributed by atoms with van der Waals surface area (Å²) in [6.07, 6.45) is 1.61. The van der Waals surface area contributed by atoms with Crippen LogP contribution in [0.15, 0.2) is 28.9 Å². The smallest absolute Gasteiger partial charge is 0.176 e. The number of hydrogen-bond acceptors (Lipinski definition) is 3. The summed E-state index contributed by atoms with van der Waals surface area (Å²) in [5.74, 6) is 0.766. The summed E-state index contributed by atoms with van der Waals surface area (Å²) < 4.78 is 5.70. The lowest BCUT2D eigenvalue weighted by molar-refractivity contribution is 0.433. The van der Waals surface area contributed by atoms with Gasteiger partial charge in [0.1, 0.15) is 0 Å². The molecule has 0 aliphatic rings. The van der Waals surface area contributed by atoms with Gasteiger partial charge in [-0.15, -0.1) is 11.3 Å². The lowest BCUT2D eigenvalue weighted by Gasteiger charge is -1.83. The molecule has 4 heteroatoms. The van der Waals surface area contributed by atoms with Gasteiger partial charge in [0.05, 0.1) is 15.4 Å². The molecule has 0 N–H and O–H groups in total. The van der Waals surface area contributed by atoms with E-state index in [-0.39, 0.29) is 0 Å². The average molecular weight is 186 g/mol. The summed E-state index contributed by atoms with van der Waals surface area (Å²) in [7, 11) is 0. The second-order valence-corrected chi connectivity index (χ2v) is 3.70. The summed E-state index contributed by atoms with van der Waals surface area (Å²) in [5, 5.41) is 3.60. The third-order valence-electron chi connectivity index (χ3n) is 1.25. The third kappa shape index (κ3) is 1.29. The Balaban J connectivity index is 2.45. The van der Waals surface area contributed by atoms with Gasteiger partial charge in [-0.3, -0.25) is 0 Å². The van der Waals surface area contributed by atoms with E-state index in [9.17, 15) is 0 Å². The van der Waals surface area contributed by atoms with Crippen LogP contribution in [0, 0.1) is 0 Å². The summed E-state index contributed by atoms with van der Waals surface area (Å²) >= 11 is 7.21. The van der Waals surface area contributed by atoms with Crippen molar-refractivity contribution in [3.63, 3.8) is 0 Å². The molecule has 0 unspecified atom stereocenters. The molecule has 2 rings (SSSR count). The standard InChI is InChI=1S/C7H4ClNOS/c8-7-2-1-6(11-7)5-3-4-9-10-5/h1-4H. The second kappa shape index (κ2) is 2.68. The first-order chi connectivity index (χ1) is 5.36. The quantitative estimate of drug-likeness (QED) is 0.683. The molecule has 0 bridgehead atoms. The molecule has 0 fully saturated rings.